The first-order chi connectivity index (χ1) is 8.61. The maximum atomic E-state index is 12.2. The summed E-state index contributed by atoms with van der Waals surface area (Å²) >= 11 is 0. The molecule has 3 atom stereocenters. The molecule has 0 aromatic heterocycles. The number of hydrogen-bond donors (Lipinski definition) is 1. The van der Waals surface area contributed by atoms with Gasteiger partial charge in [-0.25, -0.2) is 0 Å². The van der Waals surface area contributed by atoms with Crippen LogP contribution in [0.5, 0.6) is 0 Å². The van der Waals surface area contributed by atoms with E-state index < -0.39 is 6.10 Å². The summed E-state index contributed by atoms with van der Waals surface area (Å²) in [6.07, 6.45) is 0.659. The lowest BCUT2D eigenvalue weighted by molar-refractivity contribution is -0.126. The van der Waals surface area contributed by atoms with Gasteiger partial charge in [-0.1, -0.05) is 31.2 Å². The van der Waals surface area contributed by atoms with Crippen molar-refractivity contribution in [1.82, 2.24) is 0 Å². The van der Waals surface area contributed by atoms with Crippen LogP contribution in [0, 0.1) is 5.92 Å². The molecule has 0 radical (unpaired) electrons. The Hall–Kier alpha value is -1.19. The third-order valence-corrected chi connectivity index (χ3v) is 3.46. The number of carbonyl (C=O) groups excluding carboxylic acids is 1. The zero-order valence-electron chi connectivity index (χ0n) is 10.9. The molecular formula is C15H20O3. The molecule has 1 heterocycles. The summed E-state index contributed by atoms with van der Waals surface area (Å²) in [5.41, 5.74) is 2.27. The summed E-state index contributed by atoms with van der Waals surface area (Å²) in [5, 5.41) is 9.65. The predicted molar refractivity (Wildman–Crippen MR) is 69.4 cm³/mol. The molecule has 0 bridgehead atoms. The Morgan fingerprint density at radius 3 is 2.39 bits per heavy atom. The summed E-state index contributed by atoms with van der Waals surface area (Å²) in [4.78, 5) is 12.2. The van der Waals surface area contributed by atoms with Crippen LogP contribution in [0.15, 0.2) is 24.3 Å². The first-order valence-electron chi connectivity index (χ1n) is 6.52. The van der Waals surface area contributed by atoms with Crippen molar-refractivity contribution in [1.29, 1.82) is 0 Å². The zero-order valence-corrected chi connectivity index (χ0v) is 10.9. The van der Waals surface area contributed by atoms with Gasteiger partial charge in [-0.05, 0) is 24.5 Å². The van der Waals surface area contributed by atoms with Gasteiger partial charge in [0.1, 0.15) is 5.78 Å². The summed E-state index contributed by atoms with van der Waals surface area (Å²) in [5.74, 6) is -0.312. The number of aryl methyl sites for hydroxylation is 1. The Morgan fingerprint density at radius 2 is 1.94 bits per heavy atom. The molecule has 0 spiro atoms. The van der Waals surface area contributed by atoms with Crippen LogP contribution in [0.4, 0.5) is 0 Å². The van der Waals surface area contributed by atoms with Gasteiger partial charge in [-0.3, -0.25) is 4.79 Å². The average molecular weight is 248 g/mol. The van der Waals surface area contributed by atoms with Crippen LogP contribution in [-0.4, -0.2) is 29.7 Å². The van der Waals surface area contributed by atoms with Crippen molar-refractivity contribution >= 4 is 5.78 Å². The zero-order chi connectivity index (χ0) is 13.1. The second kappa shape index (κ2) is 5.63. The normalized spacial score (nSPS) is 21.4. The molecule has 3 nitrogen and oxygen atoms in total. The van der Waals surface area contributed by atoms with Gasteiger partial charge in [-0.2, -0.15) is 0 Å². The van der Waals surface area contributed by atoms with E-state index in [9.17, 15) is 9.90 Å². The fraction of sp³-hybridized carbons (Fsp3) is 0.533. The number of aliphatic hydroxyl groups excluding tert-OH is 1. The molecular weight excluding hydrogens is 228 g/mol. The van der Waals surface area contributed by atoms with Gasteiger partial charge in [0, 0.05) is 6.42 Å². The van der Waals surface area contributed by atoms with Gasteiger partial charge < -0.3 is 9.84 Å². The van der Waals surface area contributed by atoms with Crippen LogP contribution in [-0.2, 0) is 22.4 Å². The van der Waals surface area contributed by atoms with Crippen molar-refractivity contribution < 1.29 is 14.6 Å². The SMILES string of the molecule is CCc1ccc(CC(=O)C(C(C)O)C2CO2)cc1. The maximum Gasteiger partial charge on any atom is 0.145 e. The Kier molecular flexibility index (Phi) is 4.15. The summed E-state index contributed by atoms with van der Waals surface area (Å²) in [6, 6.07) is 8.08. The lowest BCUT2D eigenvalue weighted by atomic mass is 9.91. The van der Waals surface area contributed by atoms with E-state index in [2.05, 4.69) is 6.92 Å². The number of hydrogen-bond acceptors (Lipinski definition) is 3. The molecule has 0 amide bonds. The van der Waals surface area contributed by atoms with Crippen LogP contribution in [0.1, 0.15) is 25.0 Å². The topological polar surface area (TPSA) is 49.8 Å². The van der Waals surface area contributed by atoms with Crippen LogP contribution in [0.25, 0.3) is 0 Å². The number of rotatable bonds is 6. The van der Waals surface area contributed by atoms with Crippen molar-refractivity contribution in [3.8, 4) is 0 Å². The third kappa shape index (κ3) is 3.18. The molecule has 98 valence electrons. The number of ketones is 1. The average Bonchev–Trinajstić information content (AvgIpc) is 3.14. The molecule has 0 aliphatic carbocycles. The molecule has 1 aromatic carbocycles. The molecule has 18 heavy (non-hydrogen) atoms. The van der Waals surface area contributed by atoms with E-state index in [1.807, 2.05) is 24.3 Å². The van der Waals surface area contributed by atoms with Crippen molar-refractivity contribution in [2.45, 2.75) is 38.9 Å². The monoisotopic (exact) mass is 248 g/mol. The van der Waals surface area contributed by atoms with Crippen LogP contribution in [0.2, 0.25) is 0 Å². The molecule has 0 saturated carbocycles. The number of Topliss-reactive ketones (excluding diaryl/α,β-unsaturated/α-hetero) is 1. The van der Waals surface area contributed by atoms with Crippen molar-refractivity contribution in [3.05, 3.63) is 35.4 Å². The lowest BCUT2D eigenvalue weighted by Gasteiger charge is -2.16. The number of epoxide rings is 1. The van der Waals surface area contributed by atoms with E-state index in [0.717, 1.165) is 12.0 Å². The van der Waals surface area contributed by atoms with Crippen molar-refractivity contribution in [2.24, 2.45) is 5.92 Å². The van der Waals surface area contributed by atoms with Gasteiger partial charge in [0.15, 0.2) is 0 Å². The number of carbonyl (C=O) groups is 1. The van der Waals surface area contributed by atoms with Crippen molar-refractivity contribution in [3.63, 3.8) is 0 Å². The highest BCUT2D eigenvalue weighted by atomic mass is 16.6. The van der Waals surface area contributed by atoms with Crippen LogP contribution < -0.4 is 0 Å². The summed E-state index contributed by atoms with van der Waals surface area (Å²) in [6.45, 7) is 4.36. The first-order valence-corrected chi connectivity index (χ1v) is 6.52. The largest absolute Gasteiger partial charge is 0.393 e. The van der Waals surface area contributed by atoms with Gasteiger partial charge >= 0.3 is 0 Å². The van der Waals surface area contributed by atoms with Crippen molar-refractivity contribution in [2.75, 3.05) is 6.61 Å². The molecule has 1 N–H and O–H groups in total. The molecule has 1 fully saturated rings. The molecule has 3 heteroatoms. The number of ether oxygens (including phenoxy) is 1. The lowest BCUT2D eigenvalue weighted by Crippen LogP contribution is -2.32. The molecule has 1 saturated heterocycles. The molecule has 1 aliphatic heterocycles. The quantitative estimate of drug-likeness (QED) is 0.780. The van der Waals surface area contributed by atoms with Gasteiger partial charge in [0.05, 0.1) is 24.7 Å². The summed E-state index contributed by atoms with van der Waals surface area (Å²) < 4.78 is 5.15. The highest BCUT2D eigenvalue weighted by Gasteiger charge is 2.40. The Labute approximate surface area is 108 Å². The molecule has 3 unspecified atom stereocenters. The highest BCUT2D eigenvalue weighted by molar-refractivity contribution is 5.84. The van der Waals surface area contributed by atoms with E-state index in [1.54, 1.807) is 6.92 Å². The molecule has 1 aliphatic rings. The number of benzene rings is 1. The minimum Gasteiger partial charge on any atom is -0.393 e. The van der Waals surface area contributed by atoms with Gasteiger partial charge in [0.2, 0.25) is 0 Å². The predicted octanol–water partition coefficient (Wildman–Crippen LogP) is 1.76. The Balaban J connectivity index is 2.00. The highest BCUT2D eigenvalue weighted by Crippen LogP contribution is 2.25. The van der Waals surface area contributed by atoms with E-state index in [4.69, 9.17) is 4.74 Å². The molecule has 1 aromatic rings. The fourth-order valence-electron chi connectivity index (χ4n) is 2.26. The van der Waals surface area contributed by atoms with Crippen LogP contribution >= 0.6 is 0 Å². The third-order valence-electron chi connectivity index (χ3n) is 3.46. The first kappa shape index (κ1) is 13.2. The Bertz CT molecular complexity index is 402. The van der Waals surface area contributed by atoms with E-state index in [-0.39, 0.29) is 17.8 Å². The second-order valence-corrected chi connectivity index (χ2v) is 4.95. The van der Waals surface area contributed by atoms with Gasteiger partial charge in [-0.15, -0.1) is 0 Å². The minimum absolute atomic E-state index is 0.0664. The second-order valence-electron chi connectivity index (χ2n) is 4.95. The van der Waals surface area contributed by atoms with E-state index >= 15 is 0 Å². The smallest absolute Gasteiger partial charge is 0.145 e. The minimum atomic E-state index is -0.639. The fourth-order valence-corrected chi connectivity index (χ4v) is 2.26. The van der Waals surface area contributed by atoms with E-state index in [1.165, 1.54) is 5.56 Å². The standard InChI is InChI=1S/C15H20O3/c1-3-11-4-6-12(7-5-11)8-13(17)15(10(2)16)14-9-18-14/h4-7,10,14-16H,3,8-9H2,1-2H3. The van der Waals surface area contributed by atoms with Crippen LogP contribution in [0.3, 0.4) is 0 Å². The number of aliphatic hydroxyl groups is 1. The van der Waals surface area contributed by atoms with E-state index in [0.29, 0.717) is 13.0 Å². The molecule has 2 rings (SSSR count). The Morgan fingerprint density at radius 1 is 1.39 bits per heavy atom. The maximum absolute atomic E-state index is 12.2. The summed E-state index contributed by atoms with van der Waals surface area (Å²) in [7, 11) is 0. The van der Waals surface area contributed by atoms with Gasteiger partial charge in [0.25, 0.3) is 0 Å².